The van der Waals surface area contributed by atoms with Gasteiger partial charge in [-0.3, -0.25) is 4.79 Å². The maximum atomic E-state index is 13.3. The number of piperidine rings is 1. The molecule has 0 bridgehead atoms. The highest BCUT2D eigenvalue weighted by atomic mass is 19.4. The molecule has 0 aliphatic carbocycles. The lowest BCUT2D eigenvalue weighted by Crippen LogP contribution is -2.61. The summed E-state index contributed by atoms with van der Waals surface area (Å²) in [5.41, 5.74) is 0.792. The minimum atomic E-state index is -4.39. The molecule has 1 amide bonds. The number of carbonyl (C=O) groups is 1. The van der Waals surface area contributed by atoms with Gasteiger partial charge in [0, 0.05) is 13.0 Å². The van der Waals surface area contributed by atoms with Crippen molar-refractivity contribution in [3.63, 3.8) is 0 Å². The Labute approximate surface area is 186 Å². The van der Waals surface area contributed by atoms with Crippen molar-refractivity contribution in [2.75, 3.05) is 13.2 Å². The molecule has 2 N–H and O–H groups in total. The van der Waals surface area contributed by atoms with E-state index in [4.69, 9.17) is 4.74 Å². The van der Waals surface area contributed by atoms with Crippen LogP contribution in [0.4, 0.5) is 13.2 Å². The first kappa shape index (κ1) is 22.8. The number of halogens is 3. The van der Waals surface area contributed by atoms with Crippen LogP contribution in [0, 0.1) is 6.92 Å². The Bertz CT molecular complexity index is 967. The Morgan fingerprint density at radius 1 is 1.09 bits per heavy atom. The second-order valence-electron chi connectivity index (χ2n) is 9.21. The van der Waals surface area contributed by atoms with Crippen molar-refractivity contribution in [3.8, 4) is 0 Å². The fourth-order valence-corrected chi connectivity index (χ4v) is 4.85. The van der Waals surface area contributed by atoms with Gasteiger partial charge < -0.3 is 15.4 Å². The quantitative estimate of drug-likeness (QED) is 0.678. The summed E-state index contributed by atoms with van der Waals surface area (Å²) >= 11 is 0. The molecule has 2 aliphatic heterocycles. The third-order valence-electron chi connectivity index (χ3n) is 6.83. The zero-order valence-corrected chi connectivity index (χ0v) is 18.4. The molecule has 0 radical (unpaired) electrons. The fraction of sp³-hybridized carbons (Fsp3) is 0.480. The fourth-order valence-electron chi connectivity index (χ4n) is 4.85. The Balaban J connectivity index is 1.53. The summed E-state index contributed by atoms with van der Waals surface area (Å²) < 4.78 is 46.0. The van der Waals surface area contributed by atoms with Gasteiger partial charge in [-0.2, -0.15) is 13.2 Å². The Hall–Kier alpha value is -2.38. The van der Waals surface area contributed by atoms with E-state index in [0.29, 0.717) is 30.7 Å². The predicted octanol–water partition coefficient (Wildman–Crippen LogP) is 5.02. The highest BCUT2D eigenvalue weighted by molar-refractivity contribution is 5.79. The normalized spacial score (nSPS) is 26.8. The van der Waals surface area contributed by atoms with E-state index in [2.05, 4.69) is 10.6 Å². The maximum Gasteiger partial charge on any atom is 0.416 e. The van der Waals surface area contributed by atoms with Crippen LogP contribution in [0.1, 0.15) is 61.0 Å². The van der Waals surface area contributed by atoms with Gasteiger partial charge in [-0.25, -0.2) is 0 Å². The van der Waals surface area contributed by atoms with Crippen molar-refractivity contribution >= 4 is 5.91 Å². The molecule has 0 aromatic heterocycles. The van der Waals surface area contributed by atoms with E-state index >= 15 is 0 Å². The van der Waals surface area contributed by atoms with Gasteiger partial charge in [0.2, 0.25) is 5.91 Å². The molecule has 0 unspecified atom stereocenters. The molecule has 7 heteroatoms. The van der Waals surface area contributed by atoms with Crippen molar-refractivity contribution in [1.82, 2.24) is 10.6 Å². The number of hydrogen-bond donors (Lipinski definition) is 2. The largest absolute Gasteiger partial charge is 0.416 e. The number of alkyl halides is 3. The number of carbonyl (C=O) groups excluding carboxylic acids is 1. The zero-order valence-electron chi connectivity index (χ0n) is 18.4. The first-order chi connectivity index (χ1) is 15.1. The van der Waals surface area contributed by atoms with E-state index in [-0.39, 0.29) is 11.4 Å². The zero-order chi connectivity index (χ0) is 23.0. The molecule has 2 heterocycles. The summed E-state index contributed by atoms with van der Waals surface area (Å²) in [6.45, 7) is 4.40. The summed E-state index contributed by atoms with van der Waals surface area (Å²) in [4.78, 5) is 11.8. The first-order valence-electron chi connectivity index (χ1n) is 11.0. The van der Waals surface area contributed by atoms with Gasteiger partial charge in [-0.1, -0.05) is 42.0 Å². The molecule has 172 valence electrons. The Morgan fingerprint density at radius 2 is 1.84 bits per heavy atom. The number of benzene rings is 2. The lowest BCUT2D eigenvalue weighted by atomic mass is 9.76. The highest BCUT2D eigenvalue weighted by Gasteiger charge is 2.46. The van der Waals surface area contributed by atoms with Crippen LogP contribution < -0.4 is 10.6 Å². The van der Waals surface area contributed by atoms with Gasteiger partial charge in [0.1, 0.15) is 0 Å². The number of nitrogens with one attached hydrogen (secondary N) is 2. The second-order valence-corrected chi connectivity index (χ2v) is 9.21. The Kier molecular flexibility index (Phi) is 6.07. The third-order valence-corrected chi connectivity index (χ3v) is 6.83. The minimum absolute atomic E-state index is 0.0869. The summed E-state index contributed by atoms with van der Waals surface area (Å²) in [5.74, 6) is 0.0869. The third kappa shape index (κ3) is 4.69. The van der Waals surface area contributed by atoms with Crippen molar-refractivity contribution in [3.05, 3.63) is 70.8 Å². The van der Waals surface area contributed by atoms with Crippen LogP contribution >= 0.6 is 0 Å². The molecule has 2 saturated heterocycles. The van der Waals surface area contributed by atoms with Crippen LogP contribution in [-0.4, -0.2) is 24.6 Å². The average molecular weight is 447 g/mol. The molecule has 2 fully saturated rings. The number of amides is 1. The average Bonchev–Trinajstić information content (AvgIpc) is 3.13. The molecule has 2 aliphatic rings. The summed E-state index contributed by atoms with van der Waals surface area (Å²) in [6.07, 6.45) is -1.96. The topological polar surface area (TPSA) is 50.4 Å². The minimum Gasteiger partial charge on any atom is -0.372 e. The SMILES string of the molecule is Cc1cc([C@H](C)OC[C@@]2(c3ccccc3)CC[C@@]3(CCC(=O)N3)CN2)cc(C(F)(F)F)c1. The van der Waals surface area contributed by atoms with Crippen molar-refractivity contribution in [2.45, 2.75) is 62.9 Å². The van der Waals surface area contributed by atoms with Gasteiger partial charge >= 0.3 is 6.18 Å². The maximum absolute atomic E-state index is 13.3. The van der Waals surface area contributed by atoms with E-state index < -0.39 is 23.4 Å². The van der Waals surface area contributed by atoms with Crippen LogP contribution in [0.15, 0.2) is 48.5 Å². The number of rotatable bonds is 5. The molecule has 2 aromatic rings. The smallest absolute Gasteiger partial charge is 0.372 e. The lowest BCUT2D eigenvalue weighted by molar-refractivity contribution is -0.137. The van der Waals surface area contributed by atoms with Crippen molar-refractivity contribution in [2.24, 2.45) is 0 Å². The molecule has 0 saturated carbocycles. The van der Waals surface area contributed by atoms with E-state index in [1.165, 1.54) is 6.07 Å². The first-order valence-corrected chi connectivity index (χ1v) is 11.0. The van der Waals surface area contributed by atoms with E-state index in [1.54, 1.807) is 19.9 Å². The van der Waals surface area contributed by atoms with E-state index in [1.807, 2.05) is 30.3 Å². The molecule has 2 aromatic carbocycles. The van der Waals surface area contributed by atoms with Gasteiger partial charge in [-0.05, 0) is 56.4 Å². The molecule has 4 rings (SSSR count). The molecule has 4 nitrogen and oxygen atoms in total. The van der Waals surface area contributed by atoms with Gasteiger partial charge in [-0.15, -0.1) is 0 Å². The highest BCUT2D eigenvalue weighted by Crippen LogP contribution is 2.39. The van der Waals surface area contributed by atoms with Crippen LogP contribution in [0.25, 0.3) is 0 Å². The summed E-state index contributed by atoms with van der Waals surface area (Å²) in [7, 11) is 0. The number of ether oxygens (including phenoxy) is 1. The van der Waals surface area contributed by atoms with Crippen LogP contribution in [0.5, 0.6) is 0 Å². The van der Waals surface area contributed by atoms with Gasteiger partial charge in [0.15, 0.2) is 0 Å². The Morgan fingerprint density at radius 3 is 2.44 bits per heavy atom. The lowest BCUT2D eigenvalue weighted by Gasteiger charge is -2.46. The number of hydrogen-bond acceptors (Lipinski definition) is 3. The number of aryl methyl sites for hydroxylation is 1. The van der Waals surface area contributed by atoms with E-state index in [9.17, 15) is 18.0 Å². The molecular formula is C25H29F3N2O2. The standard InChI is InChI=1S/C25H29F3N2O2/c1-17-12-19(14-21(13-17)25(26,27)28)18(2)32-16-24(20-6-4-3-5-7-20)11-10-23(15-29-24)9-8-22(31)30-23/h3-7,12-14,18,29H,8-11,15-16H2,1-2H3,(H,30,31)/t18-,23-,24+/m0/s1. The van der Waals surface area contributed by atoms with Crippen molar-refractivity contribution in [1.29, 1.82) is 0 Å². The van der Waals surface area contributed by atoms with Gasteiger partial charge in [0.25, 0.3) is 0 Å². The molecular weight excluding hydrogens is 417 g/mol. The monoisotopic (exact) mass is 446 g/mol. The predicted molar refractivity (Wildman–Crippen MR) is 116 cm³/mol. The summed E-state index contributed by atoms with van der Waals surface area (Å²) in [5, 5.41) is 6.76. The molecule has 3 atom stereocenters. The summed E-state index contributed by atoms with van der Waals surface area (Å²) in [6, 6.07) is 14.0. The van der Waals surface area contributed by atoms with E-state index in [0.717, 1.165) is 30.9 Å². The van der Waals surface area contributed by atoms with Gasteiger partial charge in [0.05, 0.1) is 29.4 Å². The molecule has 1 spiro atoms. The second kappa shape index (κ2) is 8.52. The van der Waals surface area contributed by atoms with Crippen LogP contribution in [-0.2, 0) is 21.2 Å². The van der Waals surface area contributed by atoms with Crippen molar-refractivity contribution < 1.29 is 22.7 Å². The van der Waals surface area contributed by atoms with Crippen LogP contribution in [0.2, 0.25) is 0 Å². The molecule has 32 heavy (non-hydrogen) atoms. The van der Waals surface area contributed by atoms with Crippen LogP contribution in [0.3, 0.4) is 0 Å².